The molecule has 0 fully saturated rings. The second kappa shape index (κ2) is 4.98. The van der Waals surface area contributed by atoms with Gasteiger partial charge in [0.15, 0.2) is 11.9 Å². The first-order valence-electron chi connectivity index (χ1n) is 3.54. The van der Waals surface area contributed by atoms with E-state index in [9.17, 15) is 0 Å². The van der Waals surface area contributed by atoms with Gasteiger partial charge in [0.25, 0.3) is 0 Å². The summed E-state index contributed by atoms with van der Waals surface area (Å²) in [7, 11) is 2.04. The molecule has 0 amide bonds. The number of nitrogens with zero attached hydrogens (tertiary/aromatic N) is 1. The van der Waals surface area contributed by atoms with Crippen molar-refractivity contribution in [2.75, 3.05) is 7.05 Å². The fourth-order valence-electron chi connectivity index (χ4n) is 0.536. The summed E-state index contributed by atoms with van der Waals surface area (Å²) in [5, 5.41) is 0. The Labute approximate surface area is 63.4 Å². The maximum atomic E-state index is 2.08. The van der Waals surface area contributed by atoms with Gasteiger partial charge in [0.05, 0.1) is 0 Å². The molecule has 0 aromatic heterocycles. The van der Waals surface area contributed by atoms with Crippen LogP contribution in [0.3, 0.4) is 0 Å². The van der Waals surface area contributed by atoms with E-state index in [1.807, 2.05) is 39.3 Å². The second-order valence-corrected chi connectivity index (χ2v) is 2.22. The van der Waals surface area contributed by atoms with E-state index in [0.29, 0.717) is 0 Å². The molecule has 56 valence electrons. The lowest BCUT2D eigenvalue weighted by atomic mass is 10.4. The van der Waals surface area contributed by atoms with Crippen LogP contribution in [-0.2, 0) is 0 Å². The summed E-state index contributed by atoms with van der Waals surface area (Å²) in [4.78, 5) is 0. The van der Waals surface area contributed by atoms with Gasteiger partial charge < -0.3 is 0 Å². The lowest BCUT2D eigenvalue weighted by molar-refractivity contribution is -0.437. The molecule has 0 unspecified atom stereocenters. The standard InChI is InChI=1S/C9H16N/c1-5-7-8-10(4)9(3)6-2/h5-8H,1-4H3/q+1/b7-5-,9-6-,10-8-. The third kappa shape index (κ3) is 3.23. The topological polar surface area (TPSA) is 3.01 Å². The van der Waals surface area contributed by atoms with Crippen molar-refractivity contribution in [2.45, 2.75) is 20.8 Å². The third-order valence-corrected chi connectivity index (χ3v) is 1.48. The van der Waals surface area contributed by atoms with Crippen LogP contribution in [0.5, 0.6) is 0 Å². The summed E-state index contributed by atoms with van der Waals surface area (Å²) in [6.07, 6.45) is 8.15. The van der Waals surface area contributed by atoms with Crippen molar-refractivity contribution in [3.63, 3.8) is 0 Å². The number of hydrogen-bond acceptors (Lipinski definition) is 0. The van der Waals surface area contributed by atoms with E-state index >= 15 is 0 Å². The maximum absolute atomic E-state index is 2.08. The van der Waals surface area contributed by atoms with E-state index in [4.69, 9.17) is 0 Å². The Hall–Kier alpha value is -0.850. The van der Waals surface area contributed by atoms with E-state index in [1.165, 1.54) is 5.70 Å². The van der Waals surface area contributed by atoms with Gasteiger partial charge in [-0.15, -0.1) is 0 Å². The highest BCUT2D eigenvalue weighted by atomic mass is 15.0. The summed E-state index contributed by atoms with van der Waals surface area (Å²) in [6, 6.07) is 0. The van der Waals surface area contributed by atoms with Crippen molar-refractivity contribution in [1.29, 1.82) is 0 Å². The van der Waals surface area contributed by atoms with Gasteiger partial charge in [-0.3, -0.25) is 0 Å². The highest BCUT2D eigenvalue weighted by Crippen LogP contribution is 1.89. The molecule has 0 heterocycles. The average Bonchev–Trinajstić information content (AvgIpc) is 1.98. The van der Waals surface area contributed by atoms with Gasteiger partial charge >= 0.3 is 0 Å². The fourth-order valence-corrected chi connectivity index (χ4v) is 0.536. The Morgan fingerprint density at radius 1 is 1.30 bits per heavy atom. The molecule has 0 saturated heterocycles. The van der Waals surface area contributed by atoms with Gasteiger partial charge in [-0.25, -0.2) is 4.58 Å². The normalized spacial score (nSPS) is 14.8. The van der Waals surface area contributed by atoms with Crippen LogP contribution in [-0.4, -0.2) is 17.8 Å². The van der Waals surface area contributed by atoms with Crippen LogP contribution in [0.25, 0.3) is 0 Å². The van der Waals surface area contributed by atoms with Crippen LogP contribution >= 0.6 is 0 Å². The first-order valence-corrected chi connectivity index (χ1v) is 3.54. The van der Waals surface area contributed by atoms with Crippen LogP contribution in [0.15, 0.2) is 23.9 Å². The van der Waals surface area contributed by atoms with Gasteiger partial charge in [-0.1, -0.05) is 6.08 Å². The van der Waals surface area contributed by atoms with Crippen LogP contribution in [0.2, 0.25) is 0 Å². The zero-order valence-corrected chi connectivity index (χ0v) is 7.26. The summed E-state index contributed by atoms with van der Waals surface area (Å²) >= 11 is 0. The molecule has 0 bridgehead atoms. The molecule has 0 rings (SSSR count). The van der Waals surface area contributed by atoms with Crippen LogP contribution in [0.1, 0.15) is 20.8 Å². The lowest BCUT2D eigenvalue weighted by Gasteiger charge is -1.90. The van der Waals surface area contributed by atoms with Crippen molar-refractivity contribution in [3.05, 3.63) is 23.9 Å². The molecule has 0 radical (unpaired) electrons. The van der Waals surface area contributed by atoms with Crippen LogP contribution < -0.4 is 0 Å². The number of allylic oxidation sites excluding steroid dienone is 4. The van der Waals surface area contributed by atoms with E-state index < -0.39 is 0 Å². The zero-order chi connectivity index (χ0) is 7.98. The van der Waals surface area contributed by atoms with E-state index in [-0.39, 0.29) is 0 Å². The van der Waals surface area contributed by atoms with E-state index in [2.05, 4.69) is 17.6 Å². The molecular weight excluding hydrogens is 122 g/mol. The minimum absolute atomic E-state index is 1.26. The Balaban J connectivity index is 4.19. The smallest absolute Gasteiger partial charge is 0.173 e. The van der Waals surface area contributed by atoms with E-state index in [1.54, 1.807) is 0 Å². The largest absolute Gasteiger partial charge is 0.206 e. The summed E-state index contributed by atoms with van der Waals surface area (Å²) in [5.74, 6) is 0. The Bertz CT molecular complexity index is 173. The van der Waals surface area contributed by atoms with Crippen LogP contribution in [0, 0.1) is 0 Å². The first kappa shape index (κ1) is 9.15. The predicted octanol–water partition coefficient (Wildman–Crippen LogP) is 2.20. The molecule has 1 nitrogen and oxygen atoms in total. The highest BCUT2D eigenvalue weighted by molar-refractivity contribution is 5.66. The molecule has 10 heavy (non-hydrogen) atoms. The zero-order valence-electron chi connectivity index (χ0n) is 7.26. The quantitative estimate of drug-likeness (QED) is 0.406. The second-order valence-electron chi connectivity index (χ2n) is 2.22. The Morgan fingerprint density at radius 2 is 1.90 bits per heavy atom. The monoisotopic (exact) mass is 138 g/mol. The number of rotatable bonds is 2. The maximum Gasteiger partial charge on any atom is 0.173 e. The van der Waals surface area contributed by atoms with Gasteiger partial charge in [0.1, 0.15) is 7.05 Å². The minimum Gasteiger partial charge on any atom is -0.206 e. The molecule has 0 saturated carbocycles. The summed E-state index contributed by atoms with van der Waals surface area (Å²) in [6.45, 7) is 6.13. The van der Waals surface area contributed by atoms with Crippen molar-refractivity contribution < 1.29 is 4.58 Å². The lowest BCUT2D eigenvalue weighted by Crippen LogP contribution is -2.01. The van der Waals surface area contributed by atoms with Gasteiger partial charge in [0.2, 0.25) is 0 Å². The average molecular weight is 138 g/mol. The van der Waals surface area contributed by atoms with Crippen molar-refractivity contribution >= 4 is 6.21 Å². The van der Waals surface area contributed by atoms with Gasteiger partial charge in [-0.05, 0) is 26.0 Å². The molecule has 0 N–H and O–H groups in total. The van der Waals surface area contributed by atoms with Crippen molar-refractivity contribution in [1.82, 2.24) is 0 Å². The summed E-state index contributed by atoms with van der Waals surface area (Å²) < 4.78 is 2.08. The first-order chi connectivity index (χ1) is 4.72. The fraction of sp³-hybridized carbons (Fsp3) is 0.444. The molecule has 0 aromatic carbocycles. The predicted molar refractivity (Wildman–Crippen MR) is 46.5 cm³/mol. The molecule has 0 atom stereocenters. The molecule has 0 aliphatic heterocycles. The van der Waals surface area contributed by atoms with Crippen molar-refractivity contribution in [3.8, 4) is 0 Å². The molecule has 0 aliphatic carbocycles. The summed E-state index contributed by atoms with van der Waals surface area (Å²) in [5.41, 5.74) is 1.26. The number of hydrogen-bond donors (Lipinski definition) is 0. The molecule has 1 heteroatoms. The van der Waals surface area contributed by atoms with Crippen LogP contribution in [0.4, 0.5) is 0 Å². The van der Waals surface area contributed by atoms with E-state index in [0.717, 1.165) is 0 Å². The Morgan fingerprint density at radius 3 is 2.30 bits per heavy atom. The minimum atomic E-state index is 1.26. The van der Waals surface area contributed by atoms with Crippen molar-refractivity contribution in [2.24, 2.45) is 0 Å². The Kier molecular flexibility index (Phi) is 4.55. The van der Waals surface area contributed by atoms with Gasteiger partial charge in [-0.2, -0.15) is 0 Å². The third-order valence-electron chi connectivity index (χ3n) is 1.48. The molecule has 0 spiro atoms. The SMILES string of the molecule is C\C=C/C=[N+](C)\C(C)=C/C. The van der Waals surface area contributed by atoms with Gasteiger partial charge in [0, 0.05) is 6.92 Å². The molecule has 0 aliphatic rings. The molecular formula is C9H16N+. The highest BCUT2D eigenvalue weighted by Gasteiger charge is 1.93. The molecule has 0 aromatic rings.